The van der Waals surface area contributed by atoms with Crippen LogP contribution in [0.5, 0.6) is 5.75 Å². The molecule has 6 heteroatoms. The molecule has 3 nitrogen and oxygen atoms in total. The van der Waals surface area contributed by atoms with Crippen molar-refractivity contribution in [3.05, 3.63) is 98.9 Å². The fourth-order valence-electron chi connectivity index (χ4n) is 3.23. The maximum Gasteiger partial charge on any atom is 0.270 e. The number of halogens is 1. The number of carbonyl (C=O) groups is 1. The van der Waals surface area contributed by atoms with Gasteiger partial charge in [-0.1, -0.05) is 72.0 Å². The highest BCUT2D eigenvalue weighted by atomic mass is 35.5. The summed E-state index contributed by atoms with van der Waals surface area (Å²) in [5.41, 5.74) is 4.86. The second kappa shape index (κ2) is 9.27. The molecule has 1 amide bonds. The van der Waals surface area contributed by atoms with Crippen LogP contribution >= 0.6 is 35.6 Å². The first-order chi connectivity index (χ1) is 14.9. The third-order valence-corrected chi connectivity index (χ3v) is 6.43. The molecule has 0 spiro atoms. The molecule has 1 fully saturated rings. The summed E-state index contributed by atoms with van der Waals surface area (Å²) < 4.78 is 6.45. The van der Waals surface area contributed by atoms with Gasteiger partial charge in [-0.3, -0.25) is 9.69 Å². The average molecular weight is 466 g/mol. The molecule has 0 bridgehead atoms. The van der Waals surface area contributed by atoms with Crippen molar-refractivity contribution in [2.45, 2.75) is 20.5 Å². The van der Waals surface area contributed by atoms with Crippen LogP contribution < -0.4 is 9.64 Å². The summed E-state index contributed by atoms with van der Waals surface area (Å²) in [7, 11) is 0. The summed E-state index contributed by atoms with van der Waals surface area (Å²) in [6, 6.07) is 21.3. The van der Waals surface area contributed by atoms with E-state index in [1.54, 1.807) is 4.90 Å². The van der Waals surface area contributed by atoms with Crippen LogP contribution in [0.15, 0.2) is 71.6 Å². The predicted octanol–water partition coefficient (Wildman–Crippen LogP) is 6.94. The van der Waals surface area contributed by atoms with Gasteiger partial charge in [0.1, 0.15) is 12.4 Å². The van der Waals surface area contributed by atoms with Gasteiger partial charge in [0.05, 0.1) is 10.6 Å². The Hall–Kier alpha value is -2.60. The quantitative estimate of drug-likeness (QED) is 0.301. The number of hydrogen-bond donors (Lipinski definition) is 0. The second-order valence-electron chi connectivity index (χ2n) is 7.29. The largest absolute Gasteiger partial charge is 0.489 e. The van der Waals surface area contributed by atoms with Crippen LogP contribution in [0, 0.1) is 13.8 Å². The van der Waals surface area contributed by atoms with Crippen LogP contribution in [0.3, 0.4) is 0 Å². The summed E-state index contributed by atoms with van der Waals surface area (Å²) in [6.07, 6.45) is 1.86. The molecule has 0 radical (unpaired) electrons. The Bertz CT molecular complexity index is 1190. The van der Waals surface area contributed by atoms with E-state index < -0.39 is 0 Å². The smallest absolute Gasteiger partial charge is 0.270 e. The van der Waals surface area contributed by atoms with E-state index >= 15 is 0 Å². The summed E-state index contributed by atoms with van der Waals surface area (Å²) in [6.45, 7) is 4.43. The number of nitrogens with zero attached hydrogens (tertiary/aromatic N) is 1. The van der Waals surface area contributed by atoms with Gasteiger partial charge >= 0.3 is 0 Å². The molecule has 31 heavy (non-hydrogen) atoms. The first kappa shape index (κ1) is 21.6. The van der Waals surface area contributed by atoms with Gasteiger partial charge in [-0.05, 0) is 72.5 Å². The summed E-state index contributed by atoms with van der Waals surface area (Å²) in [5, 5.41) is 0.698. The number of thioether (sulfide) groups is 1. The van der Waals surface area contributed by atoms with E-state index in [1.165, 1.54) is 11.8 Å². The monoisotopic (exact) mass is 465 g/mol. The van der Waals surface area contributed by atoms with Crippen molar-refractivity contribution in [1.82, 2.24) is 0 Å². The van der Waals surface area contributed by atoms with Gasteiger partial charge in [0.15, 0.2) is 4.32 Å². The fraction of sp³-hybridized carbons (Fsp3) is 0.120. The highest BCUT2D eigenvalue weighted by Crippen LogP contribution is 2.37. The van der Waals surface area contributed by atoms with E-state index in [0.717, 1.165) is 33.7 Å². The number of amides is 1. The normalized spacial score (nSPS) is 15.1. The van der Waals surface area contributed by atoms with Crippen molar-refractivity contribution in [2.24, 2.45) is 0 Å². The van der Waals surface area contributed by atoms with E-state index in [9.17, 15) is 4.79 Å². The molecule has 3 aromatic rings. The molecule has 156 valence electrons. The molecule has 0 N–H and O–H groups in total. The van der Waals surface area contributed by atoms with Crippen molar-refractivity contribution in [3.63, 3.8) is 0 Å². The van der Waals surface area contributed by atoms with E-state index in [4.69, 9.17) is 28.6 Å². The Labute approximate surface area is 196 Å². The molecule has 3 aromatic carbocycles. The Morgan fingerprint density at radius 3 is 2.61 bits per heavy atom. The molecule has 0 aliphatic carbocycles. The van der Waals surface area contributed by atoms with Crippen molar-refractivity contribution < 1.29 is 9.53 Å². The van der Waals surface area contributed by atoms with Crippen LogP contribution in [0.4, 0.5) is 5.69 Å². The standard InChI is InChI=1S/C25H20ClNO2S2/c1-16-6-7-17(2)22(12-16)27-24(28)23(31-25(27)30)14-19-4-3-5-21(13-19)29-15-18-8-10-20(26)11-9-18/h3-14H,15H2,1-2H3. The minimum Gasteiger partial charge on any atom is -0.489 e. The van der Waals surface area contributed by atoms with E-state index in [0.29, 0.717) is 20.9 Å². The van der Waals surface area contributed by atoms with Gasteiger partial charge in [0, 0.05) is 5.02 Å². The molecular formula is C25H20ClNO2S2. The maximum absolute atomic E-state index is 13.1. The number of aryl methyl sites for hydroxylation is 2. The van der Waals surface area contributed by atoms with Crippen LogP contribution in [0.2, 0.25) is 5.02 Å². The zero-order valence-corrected chi connectivity index (χ0v) is 19.5. The SMILES string of the molecule is Cc1ccc(C)c(N2C(=O)C(=Cc3cccc(OCc4ccc(Cl)cc4)c3)SC2=S)c1. The number of carbonyl (C=O) groups excluding carboxylic acids is 1. The molecule has 4 rings (SSSR count). The number of benzene rings is 3. The first-order valence-electron chi connectivity index (χ1n) is 9.73. The van der Waals surface area contributed by atoms with Crippen LogP contribution in [-0.4, -0.2) is 10.2 Å². The van der Waals surface area contributed by atoms with Crippen molar-refractivity contribution in [3.8, 4) is 5.75 Å². The lowest BCUT2D eigenvalue weighted by Gasteiger charge is -2.17. The van der Waals surface area contributed by atoms with Gasteiger partial charge in [-0.15, -0.1) is 0 Å². The molecule has 0 atom stereocenters. The Morgan fingerprint density at radius 1 is 1.06 bits per heavy atom. The van der Waals surface area contributed by atoms with Crippen LogP contribution in [-0.2, 0) is 11.4 Å². The number of ether oxygens (including phenoxy) is 1. The topological polar surface area (TPSA) is 29.5 Å². The average Bonchev–Trinajstić information content (AvgIpc) is 3.02. The van der Waals surface area contributed by atoms with Gasteiger partial charge in [0.2, 0.25) is 0 Å². The Balaban J connectivity index is 1.53. The number of rotatable bonds is 5. The van der Waals surface area contributed by atoms with E-state index in [-0.39, 0.29) is 5.91 Å². The third kappa shape index (κ3) is 5.01. The molecule has 1 saturated heterocycles. The van der Waals surface area contributed by atoms with Crippen molar-refractivity contribution in [2.75, 3.05) is 4.90 Å². The molecule has 1 aliphatic heterocycles. The predicted molar refractivity (Wildman–Crippen MR) is 134 cm³/mol. The number of anilines is 1. The summed E-state index contributed by atoms with van der Waals surface area (Å²) in [5.74, 6) is 0.630. The highest BCUT2D eigenvalue weighted by Gasteiger charge is 2.34. The van der Waals surface area contributed by atoms with E-state index in [2.05, 4.69) is 0 Å². The molecule has 0 aromatic heterocycles. The highest BCUT2D eigenvalue weighted by molar-refractivity contribution is 8.27. The van der Waals surface area contributed by atoms with Gasteiger partial charge in [-0.2, -0.15) is 0 Å². The Kier molecular flexibility index (Phi) is 6.46. The second-order valence-corrected chi connectivity index (χ2v) is 9.41. The van der Waals surface area contributed by atoms with Gasteiger partial charge < -0.3 is 4.74 Å². The minimum atomic E-state index is -0.101. The zero-order valence-electron chi connectivity index (χ0n) is 17.1. The number of hydrogen-bond acceptors (Lipinski definition) is 4. The lowest BCUT2D eigenvalue weighted by molar-refractivity contribution is -0.113. The Morgan fingerprint density at radius 2 is 1.84 bits per heavy atom. The summed E-state index contributed by atoms with van der Waals surface area (Å²) >= 11 is 12.8. The third-order valence-electron chi connectivity index (χ3n) is 4.87. The van der Waals surface area contributed by atoms with Crippen LogP contribution in [0.25, 0.3) is 6.08 Å². The van der Waals surface area contributed by atoms with Gasteiger partial charge in [0.25, 0.3) is 5.91 Å². The molecule has 1 aliphatic rings. The van der Waals surface area contributed by atoms with Gasteiger partial charge in [-0.25, -0.2) is 0 Å². The maximum atomic E-state index is 13.1. The fourth-order valence-corrected chi connectivity index (χ4v) is 4.64. The van der Waals surface area contributed by atoms with Crippen molar-refractivity contribution in [1.29, 1.82) is 0 Å². The molecular weight excluding hydrogens is 446 g/mol. The van der Waals surface area contributed by atoms with Crippen LogP contribution in [0.1, 0.15) is 22.3 Å². The number of thiocarbonyl (C=S) groups is 1. The first-order valence-corrected chi connectivity index (χ1v) is 11.3. The molecule has 0 saturated carbocycles. The molecule has 0 unspecified atom stereocenters. The minimum absolute atomic E-state index is 0.101. The summed E-state index contributed by atoms with van der Waals surface area (Å²) in [4.78, 5) is 15.3. The molecule has 1 heterocycles. The lowest BCUT2D eigenvalue weighted by atomic mass is 10.1. The zero-order chi connectivity index (χ0) is 22.0. The lowest BCUT2D eigenvalue weighted by Crippen LogP contribution is -2.28. The van der Waals surface area contributed by atoms with E-state index in [1.807, 2.05) is 86.7 Å². The van der Waals surface area contributed by atoms with Crippen molar-refractivity contribution >= 4 is 57.6 Å².